The Balaban J connectivity index is 1.38. The van der Waals surface area contributed by atoms with Crippen molar-refractivity contribution in [3.8, 4) is 0 Å². The van der Waals surface area contributed by atoms with Crippen LogP contribution in [0.2, 0.25) is 0 Å². The molecule has 0 aromatic carbocycles. The van der Waals surface area contributed by atoms with Gasteiger partial charge in [0.25, 0.3) is 5.91 Å². The molecule has 2 aliphatic rings. The highest BCUT2D eigenvalue weighted by atomic mass is 32.1. The van der Waals surface area contributed by atoms with Gasteiger partial charge in [-0.15, -0.1) is 0 Å². The first-order valence-electron chi connectivity index (χ1n) is 8.58. The summed E-state index contributed by atoms with van der Waals surface area (Å²) in [5, 5.41) is 6.42. The molecule has 4 rings (SSSR count). The summed E-state index contributed by atoms with van der Waals surface area (Å²) in [5.41, 5.74) is 0.963. The number of amides is 3. The van der Waals surface area contributed by atoms with Gasteiger partial charge in [0, 0.05) is 23.9 Å². The summed E-state index contributed by atoms with van der Waals surface area (Å²) < 4.78 is 5.19. The Bertz CT molecular complexity index is 765. The summed E-state index contributed by atoms with van der Waals surface area (Å²) in [6.07, 6.45) is 6.63. The van der Waals surface area contributed by atoms with E-state index >= 15 is 0 Å². The zero-order chi connectivity index (χ0) is 17.2. The first-order valence-corrected chi connectivity index (χ1v) is 9.39. The number of furan rings is 1. The largest absolute Gasteiger partial charge is 0.459 e. The van der Waals surface area contributed by atoms with Gasteiger partial charge >= 0.3 is 6.03 Å². The normalized spacial score (nSPS) is 17.4. The Hall–Kier alpha value is -2.35. The maximum absolute atomic E-state index is 12.4. The summed E-state index contributed by atoms with van der Waals surface area (Å²) in [4.78, 5) is 31.7. The summed E-state index contributed by atoms with van der Waals surface area (Å²) in [6, 6.07) is 3.46. The second-order valence-corrected chi connectivity index (χ2v) is 7.51. The molecule has 7 nitrogen and oxygen atoms in total. The monoisotopic (exact) mass is 360 g/mol. The van der Waals surface area contributed by atoms with E-state index in [1.165, 1.54) is 30.4 Å². The Labute approximate surface area is 149 Å². The number of hydrogen-bond acceptors (Lipinski definition) is 5. The Morgan fingerprint density at radius 3 is 2.92 bits per heavy atom. The molecule has 0 saturated heterocycles. The van der Waals surface area contributed by atoms with E-state index in [1.807, 2.05) is 0 Å². The van der Waals surface area contributed by atoms with Crippen LogP contribution in [0.15, 0.2) is 22.8 Å². The summed E-state index contributed by atoms with van der Waals surface area (Å²) in [7, 11) is 0. The predicted molar refractivity (Wildman–Crippen MR) is 93.7 cm³/mol. The van der Waals surface area contributed by atoms with Gasteiger partial charge in [0.2, 0.25) is 0 Å². The third-order valence-corrected chi connectivity index (χ3v) is 5.66. The molecule has 0 spiro atoms. The molecular formula is C17H20N4O3S. The lowest BCUT2D eigenvalue weighted by molar-refractivity contribution is 0.0704. The number of thiazole rings is 1. The van der Waals surface area contributed by atoms with E-state index < -0.39 is 0 Å². The van der Waals surface area contributed by atoms with E-state index in [-0.39, 0.29) is 18.0 Å². The van der Waals surface area contributed by atoms with Crippen LogP contribution < -0.4 is 10.6 Å². The SMILES string of the molecule is O=C(Nc1nc2c(s1)CN(C(=O)c1ccco1)CC2)NC1CCCC1. The smallest absolute Gasteiger partial charge is 0.321 e. The molecule has 3 amide bonds. The minimum atomic E-state index is -0.193. The van der Waals surface area contributed by atoms with Gasteiger partial charge in [-0.3, -0.25) is 10.1 Å². The van der Waals surface area contributed by atoms with Crippen LogP contribution in [0.25, 0.3) is 0 Å². The number of nitrogens with one attached hydrogen (secondary N) is 2. The van der Waals surface area contributed by atoms with Crippen molar-refractivity contribution in [1.29, 1.82) is 0 Å². The van der Waals surface area contributed by atoms with Gasteiger partial charge in [-0.05, 0) is 25.0 Å². The van der Waals surface area contributed by atoms with Gasteiger partial charge < -0.3 is 14.6 Å². The minimum absolute atomic E-state index is 0.113. The van der Waals surface area contributed by atoms with Crippen LogP contribution in [0.3, 0.4) is 0 Å². The number of carbonyl (C=O) groups is 2. The number of rotatable bonds is 3. The molecule has 1 aliphatic heterocycles. The molecule has 0 bridgehead atoms. The summed E-state index contributed by atoms with van der Waals surface area (Å²) in [6.45, 7) is 1.10. The first-order chi connectivity index (χ1) is 12.2. The highest BCUT2D eigenvalue weighted by Crippen LogP contribution is 2.29. The van der Waals surface area contributed by atoms with E-state index in [1.54, 1.807) is 17.0 Å². The van der Waals surface area contributed by atoms with Crippen LogP contribution in [-0.2, 0) is 13.0 Å². The van der Waals surface area contributed by atoms with Crippen LogP contribution in [0, 0.1) is 0 Å². The van der Waals surface area contributed by atoms with E-state index in [0.717, 1.165) is 23.4 Å². The van der Waals surface area contributed by atoms with Crippen molar-refractivity contribution in [2.45, 2.75) is 44.7 Å². The maximum Gasteiger partial charge on any atom is 0.321 e. The minimum Gasteiger partial charge on any atom is -0.459 e. The molecule has 25 heavy (non-hydrogen) atoms. The quantitative estimate of drug-likeness (QED) is 0.881. The van der Waals surface area contributed by atoms with Gasteiger partial charge in [-0.25, -0.2) is 9.78 Å². The topological polar surface area (TPSA) is 87.5 Å². The third-order valence-electron chi connectivity index (χ3n) is 4.66. The average Bonchev–Trinajstić information content (AvgIpc) is 3.34. The molecule has 1 fully saturated rings. The van der Waals surface area contributed by atoms with Crippen molar-refractivity contribution in [1.82, 2.24) is 15.2 Å². The number of nitrogens with zero attached hydrogens (tertiary/aromatic N) is 2. The van der Waals surface area contributed by atoms with Crippen LogP contribution >= 0.6 is 11.3 Å². The molecule has 132 valence electrons. The van der Waals surface area contributed by atoms with Crippen LogP contribution in [0.1, 0.15) is 46.8 Å². The molecule has 2 aromatic rings. The number of urea groups is 1. The lowest BCUT2D eigenvalue weighted by Crippen LogP contribution is -2.36. The number of aromatic nitrogens is 1. The fraction of sp³-hybridized carbons (Fsp3) is 0.471. The van der Waals surface area contributed by atoms with Crippen LogP contribution in [0.5, 0.6) is 0 Å². The fourth-order valence-electron chi connectivity index (χ4n) is 3.37. The molecule has 0 unspecified atom stereocenters. The van der Waals surface area contributed by atoms with E-state index in [2.05, 4.69) is 15.6 Å². The van der Waals surface area contributed by atoms with Crippen LogP contribution in [-0.4, -0.2) is 34.4 Å². The number of anilines is 1. The number of hydrogen-bond donors (Lipinski definition) is 2. The zero-order valence-electron chi connectivity index (χ0n) is 13.8. The van der Waals surface area contributed by atoms with Gasteiger partial charge in [-0.2, -0.15) is 0 Å². The summed E-state index contributed by atoms with van der Waals surface area (Å²) in [5.74, 6) is 0.236. The fourth-order valence-corrected chi connectivity index (χ4v) is 4.39. The van der Waals surface area contributed by atoms with E-state index in [9.17, 15) is 9.59 Å². The predicted octanol–water partition coefficient (Wildman–Crippen LogP) is 3.00. The molecule has 3 heterocycles. The molecule has 2 N–H and O–H groups in total. The van der Waals surface area contributed by atoms with Gasteiger partial charge in [0.15, 0.2) is 10.9 Å². The molecule has 8 heteroatoms. The van der Waals surface area contributed by atoms with Crippen molar-refractivity contribution >= 4 is 28.4 Å². The second kappa shape index (κ2) is 6.87. The highest BCUT2D eigenvalue weighted by Gasteiger charge is 2.26. The summed E-state index contributed by atoms with van der Waals surface area (Å²) >= 11 is 1.43. The standard InChI is InChI=1S/C17H20N4O3S/c22-15(13-6-3-9-24-13)21-8-7-12-14(10-21)25-17(19-12)20-16(23)18-11-4-1-2-5-11/h3,6,9,11H,1-2,4-5,7-8,10H2,(H2,18,19,20,23). The Morgan fingerprint density at radius 2 is 2.16 bits per heavy atom. The first kappa shape index (κ1) is 16.1. The van der Waals surface area contributed by atoms with Crippen molar-refractivity contribution < 1.29 is 14.0 Å². The van der Waals surface area contributed by atoms with E-state index in [0.29, 0.717) is 30.4 Å². The van der Waals surface area contributed by atoms with Crippen molar-refractivity contribution in [2.75, 3.05) is 11.9 Å². The Kier molecular flexibility index (Phi) is 4.44. The van der Waals surface area contributed by atoms with Gasteiger partial charge in [-0.1, -0.05) is 24.2 Å². The Morgan fingerprint density at radius 1 is 1.32 bits per heavy atom. The molecule has 1 saturated carbocycles. The third kappa shape index (κ3) is 3.53. The molecular weight excluding hydrogens is 340 g/mol. The second-order valence-electron chi connectivity index (χ2n) is 6.42. The van der Waals surface area contributed by atoms with Gasteiger partial charge in [0.1, 0.15) is 0 Å². The molecule has 2 aromatic heterocycles. The number of fused-ring (bicyclic) bond motifs is 1. The zero-order valence-corrected chi connectivity index (χ0v) is 14.6. The van der Waals surface area contributed by atoms with Crippen molar-refractivity contribution in [2.24, 2.45) is 0 Å². The lowest BCUT2D eigenvalue weighted by Gasteiger charge is -2.25. The molecule has 1 aliphatic carbocycles. The van der Waals surface area contributed by atoms with E-state index in [4.69, 9.17) is 4.42 Å². The highest BCUT2D eigenvalue weighted by molar-refractivity contribution is 7.15. The van der Waals surface area contributed by atoms with Crippen molar-refractivity contribution in [3.05, 3.63) is 34.7 Å². The molecule has 0 atom stereocenters. The van der Waals surface area contributed by atoms with Crippen LogP contribution in [0.4, 0.5) is 9.93 Å². The number of carbonyl (C=O) groups excluding carboxylic acids is 2. The molecule has 0 radical (unpaired) electrons. The average molecular weight is 360 g/mol. The van der Waals surface area contributed by atoms with Gasteiger partial charge in [0.05, 0.1) is 18.5 Å². The lowest BCUT2D eigenvalue weighted by atomic mass is 10.1. The maximum atomic E-state index is 12.4. The van der Waals surface area contributed by atoms with Crippen molar-refractivity contribution in [3.63, 3.8) is 0 Å².